The second kappa shape index (κ2) is 6.30. The van der Waals surface area contributed by atoms with Gasteiger partial charge in [-0.2, -0.15) is 0 Å². The van der Waals surface area contributed by atoms with Gasteiger partial charge in [0.1, 0.15) is 0 Å². The quantitative estimate of drug-likeness (QED) is 0.895. The molecule has 20 heavy (non-hydrogen) atoms. The molecule has 3 N–H and O–H groups in total. The molecule has 1 heterocycles. The van der Waals surface area contributed by atoms with Crippen LogP contribution in [0, 0.1) is 6.92 Å². The minimum atomic E-state index is -0.118. The fourth-order valence-electron chi connectivity index (χ4n) is 1.91. The first-order valence-corrected chi connectivity index (χ1v) is 6.62. The summed E-state index contributed by atoms with van der Waals surface area (Å²) in [5.74, 6) is -0.118. The van der Waals surface area contributed by atoms with Gasteiger partial charge >= 0.3 is 0 Å². The van der Waals surface area contributed by atoms with E-state index in [4.69, 9.17) is 5.73 Å². The van der Waals surface area contributed by atoms with Crippen molar-refractivity contribution < 1.29 is 4.79 Å². The molecule has 0 fully saturated rings. The molecule has 4 nitrogen and oxygen atoms in total. The van der Waals surface area contributed by atoms with Gasteiger partial charge in [0.2, 0.25) is 0 Å². The van der Waals surface area contributed by atoms with Crippen LogP contribution in [0.5, 0.6) is 0 Å². The Balaban J connectivity index is 2.04. The second-order valence-electron chi connectivity index (χ2n) is 4.83. The molecule has 0 radical (unpaired) electrons. The smallest absolute Gasteiger partial charge is 0.253 e. The second-order valence-corrected chi connectivity index (χ2v) is 4.83. The molecule has 1 unspecified atom stereocenters. The van der Waals surface area contributed by atoms with Gasteiger partial charge < -0.3 is 11.1 Å². The first-order chi connectivity index (χ1) is 9.60. The minimum absolute atomic E-state index is 0.0596. The van der Waals surface area contributed by atoms with Gasteiger partial charge in [-0.15, -0.1) is 0 Å². The van der Waals surface area contributed by atoms with E-state index < -0.39 is 0 Å². The zero-order chi connectivity index (χ0) is 14.5. The average molecular weight is 269 g/mol. The van der Waals surface area contributed by atoms with Gasteiger partial charge in [-0.1, -0.05) is 24.3 Å². The van der Waals surface area contributed by atoms with Crippen molar-refractivity contribution in [3.05, 3.63) is 65.0 Å². The van der Waals surface area contributed by atoms with Gasteiger partial charge in [0.25, 0.3) is 5.91 Å². The Kier molecular flexibility index (Phi) is 4.48. The normalized spacial score (nSPS) is 11.9. The number of nitrogens with two attached hydrogens (primary N) is 1. The highest BCUT2D eigenvalue weighted by Gasteiger charge is 2.11. The van der Waals surface area contributed by atoms with Crippen molar-refractivity contribution in [2.45, 2.75) is 26.4 Å². The Bertz CT molecular complexity index is 576. The summed E-state index contributed by atoms with van der Waals surface area (Å²) in [6, 6.07) is 11.5. The van der Waals surface area contributed by atoms with Crippen LogP contribution in [-0.4, -0.2) is 10.9 Å². The molecule has 2 rings (SSSR count). The van der Waals surface area contributed by atoms with Crippen LogP contribution >= 0.6 is 0 Å². The van der Waals surface area contributed by atoms with Gasteiger partial charge in [0.05, 0.1) is 11.6 Å². The molecule has 0 saturated heterocycles. The predicted molar refractivity (Wildman–Crippen MR) is 79.2 cm³/mol. The topological polar surface area (TPSA) is 68.0 Å². The molecular weight excluding hydrogens is 250 g/mol. The molecule has 4 heteroatoms. The molecule has 1 aromatic heterocycles. The van der Waals surface area contributed by atoms with E-state index >= 15 is 0 Å². The molecule has 0 spiro atoms. The van der Waals surface area contributed by atoms with Crippen LogP contribution in [0.1, 0.15) is 40.1 Å². The third-order valence-electron chi connectivity index (χ3n) is 3.24. The van der Waals surface area contributed by atoms with E-state index in [0.717, 1.165) is 16.8 Å². The predicted octanol–water partition coefficient (Wildman–Crippen LogP) is 2.34. The van der Waals surface area contributed by atoms with E-state index in [0.29, 0.717) is 12.1 Å². The Morgan fingerprint density at radius 3 is 2.50 bits per heavy atom. The number of nitrogens with one attached hydrogen (secondary N) is 1. The monoisotopic (exact) mass is 269 g/mol. The molecule has 0 aliphatic heterocycles. The summed E-state index contributed by atoms with van der Waals surface area (Å²) in [5, 5.41) is 2.96. The molecule has 104 valence electrons. The Morgan fingerprint density at radius 1 is 1.25 bits per heavy atom. The highest BCUT2D eigenvalue weighted by Crippen LogP contribution is 2.14. The van der Waals surface area contributed by atoms with Crippen LogP contribution in [0.3, 0.4) is 0 Å². The van der Waals surface area contributed by atoms with E-state index in [1.807, 2.05) is 44.2 Å². The van der Waals surface area contributed by atoms with Crippen LogP contribution < -0.4 is 11.1 Å². The highest BCUT2D eigenvalue weighted by atomic mass is 16.1. The van der Waals surface area contributed by atoms with Crippen molar-refractivity contribution in [3.63, 3.8) is 0 Å². The maximum Gasteiger partial charge on any atom is 0.253 e. The Hall–Kier alpha value is -2.20. The molecule has 0 bridgehead atoms. The van der Waals surface area contributed by atoms with Crippen LogP contribution in [0.15, 0.2) is 42.6 Å². The molecule has 1 amide bonds. The number of pyridine rings is 1. The highest BCUT2D eigenvalue weighted by molar-refractivity contribution is 5.94. The molecule has 0 saturated carbocycles. The number of aromatic nitrogens is 1. The largest absolute Gasteiger partial charge is 0.345 e. The third kappa shape index (κ3) is 3.42. The fraction of sp³-hybridized carbons (Fsp3) is 0.250. The lowest BCUT2D eigenvalue weighted by molar-refractivity contribution is 0.0939. The third-order valence-corrected chi connectivity index (χ3v) is 3.24. The van der Waals surface area contributed by atoms with Crippen molar-refractivity contribution >= 4 is 5.91 Å². The van der Waals surface area contributed by atoms with Gasteiger partial charge in [0, 0.05) is 18.4 Å². The Labute approximate surface area is 119 Å². The fourth-order valence-corrected chi connectivity index (χ4v) is 1.91. The maximum atomic E-state index is 12.1. The molecule has 0 aliphatic carbocycles. The number of aryl methyl sites for hydroxylation is 1. The maximum absolute atomic E-state index is 12.1. The molecule has 0 aliphatic rings. The number of rotatable bonds is 4. The van der Waals surface area contributed by atoms with Gasteiger partial charge in [-0.05, 0) is 37.1 Å². The Morgan fingerprint density at radius 2 is 1.95 bits per heavy atom. The zero-order valence-electron chi connectivity index (χ0n) is 11.8. The summed E-state index contributed by atoms with van der Waals surface area (Å²) in [4.78, 5) is 16.2. The van der Waals surface area contributed by atoms with E-state index in [1.165, 1.54) is 0 Å². The van der Waals surface area contributed by atoms with Gasteiger partial charge in [0.15, 0.2) is 0 Å². The van der Waals surface area contributed by atoms with Gasteiger partial charge in [-0.3, -0.25) is 9.78 Å². The van der Waals surface area contributed by atoms with Crippen molar-refractivity contribution in [1.82, 2.24) is 10.3 Å². The number of benzene rings is 1. The number of hydrogen-bond donors (Lipinski definition) is 2. The standard InChI is InChI=1S/C16H19N3O/c1-11-3-6-15(10-18-11)16(20)19-12(2)14-7-4-13(9-17)5-8-14/h3-8,10,12H,9,17H2,1-2H3,(H,19,20). The summed E-state index contributed by atoms with van der Waals surface area (Å²) < 4.78 is 0. The van der Waals surface area contributed by atoms with E-state index in [9.17, 15) is 4.79 Å². The lowest BCUT2D eigenvalue weighted by atomic mass is 10.1. The zero-order valence-corrected chi connectivity index (χ0v) is 11.8. The van der Waals surface area contributed by atoms with E-state index in [1.54, 1.807) is 12.3 Å². The number of hydrogen-bond acceptors (Lipinski definition) is 3. The lowest BCUT2D eigenvalue weighted by Crippen LogP contribution is -2.26. The summed E-state index contributed by atoms with van der Waals surface area (Å²) >= 11 is 0. The number of carbonyl (C=O) groups is 1. The summed E-state index contributed by atoms with van der Waals surface area (Å²) in [5.41, 5.74) is 9.16. The van der Waals surface area contributed by atoms with Crippen LogP contribution in [0.2, 0.25) is 0 Å². The first-order valence-electron chi connectivity index (χ1n) is 6.62. The number of amides is 1. The van der Waals surface area contributed by atoms with Crippen LogP contribution in [-0.2, 0) is 6.54 Å². The lowest BCUT2D eigenvalue weighted by Gasteiger charge is -2.14. The number of nitrogens with zero attached hydrogens (tertiary/aromatic N) is 1. The van der Waals surface area contributed by atoms with Gasteiger partial charge in [-0.25, -0.2) is 0 Å². The van der Waals surface area contributed by atoms with Crippen molar-refractivity contribution in [2.24, 2.45) is 5.73 Å². The van der Waals surface area contributed by atoms with Crippen LogP contribution in [0.25, 0.3) is 0 Å². The molecule has 2 aromatic rings. The molecule has 1 aromatic carbocycles. The van der Waals surface area contributed by atoms with Crippen molar-refractivity contribution in [3.8, 4) is 0 Å². The SMILES string of the molecule is Cc1ccc(C(=O)NC(C)c2ccc(CN)cc2)cn1. The van der Waals surface area contributed by atoms with Crippen LogP contribution in [0.4, 0.5) is 0 Å². The summed E-state index contributed by atoms with van der Waals surface area (Å²) in [6.45, 7) is 4.37. The molecule has 1 atom stereocenters. The van der Waals surface area contributed by atoms with E-state index in [2.05, 4.69) is 10.3 Å². The summed E-state index contributed by atoms with van der Waals surface area (Å²) in [6.07, 6.45) is 1.59. The van der Waals surface area contributed by atoms with Crippen molar-refractivity contribution in [1.29, 1.82) is 0 Å². The molecular formula is C16H19N3O. The average Bonchev–Trinajstić information content (AvgIpc) is 2.48. The first kappa shape index (κ1) is 14.2. The van der Waals surface area contributed by atoms with Crippen molar-refractivity contribution in [2.75, 3.05) is 0 Å². The minimum Gasteiger partial charge on any atom is -0.345 e. The number of carbonyl (C=O) groups excluding carboxylic acids is 1. The summed E-state index contributed by atoms with van der Waals surface area (Å²) in [7, 11) is 0. The van der Waals surface area contributed by atoms with E-state index in [-0.39, 0.29) is 11.9 Å².